The average Bonchev–Trinajstić information content (AvgIpc) is 2.80. The molecule has 1 unspecified atom stereocenters. The lowest BCUT2D eigenvalue weighted by molar-refractivity contribution is 0.242. The van der Waals surface area contributed by atoms with Crippen LogP contribution in [-0.2, 0) is 6.54 Å². The van der Waals surface area contributed by atoms with E-state index in [1.54, 1.807) is 11.3 Å². The quantitative estimate of drug-likeness (QED) is 0.876. The van der Waals surface area contributed by atoms with Crippen LogP contribution in [0.15, 0.2) is 11.4 Å². The Hall–Kier alpha value is -0.0900. The summed E-state index contributed by atoms with van der Waals surface area (Å²) >= 11 is 7.74. The molecule has 15 heavy (non-hydrogen) atoms. The van der Waals surface area contributed by atoms with E-state index in [1.807, 2.05) is 7.05 Å². The molecule has 0 aromatic carbocycles. The Morgan fingerprint density at radius 1 is 1.67 bits per heavy atom. The third-order valence-electron chi connectivity index (χ3n) is 3.01. The van der Waals surface area contributed by atoms with E-state index in [0.29, 0.717) is 6.04 Å². The van der Waals surface area contributed by atoms with Gasteiger partial charge < -0.3 is 5.32 Å². The van der Waals surface area contributed by atoms with E-state index in [4.69, 9.17) is 11.6 Å². The maximum atomic E-state index is 6.12. The molecule has 0 amide bonds. The summed E-state index contributed by atoms with van der Waals surface area (Å²) in [5.41, 5.74) is 1.28. The molecule has 2 nitrogen and oxygen atoms in total. The van der Waals surface area contributed by atoms with Gasteiger partial charge in [0.05, 0.1) is 4.34 Å². The second-order valence-corrected chi connectivity index (χ2v) is 5.56. The highest BCUT2D eigenvalue weighted by molar-refractivity contribution is 7.14. The van der Waals surface area contributed by atoms with Crippen molar-refractivity contribution in [1.82, 2.24) is 10.2 Å². The van der Waals surface area contributed by atoms with Crippen molar-refractivity contribution in [2.24, 2.45) is 0 Å². The number of hydrogen-bond donors (Lipinski definition) is 1. The Morgan fingerprint density at radius 2 is 2.53 bits per heavy atom. The van der Waals surface area contributed by atoms with Crippen LogP contribution in [0.1, 0.15) is 18.4 Å². The third-order valence-corrected chi connectivity index (χ3v) is 4.26. The minimum absolute atomic E-state index is 0.686. The SMILES string of the molecule is CNCC1CCCN1Cc1ccsc1Cl. The molecule has 1 N–H and O–H groups in total. The van der Waals surface area contributed by atoms with Crippen LogP contribution in [-0.4, -0.2) is 31.1 Å². The van der Waals surface area contributed by atoms with Crippen molar-refractivity contribution in [3.05, 3.63) is 21.3 Å². The minimum atomic E-state index is 0.686. The fourth-order valence-electron chi connectivity index (χ4n) is 2.22. The molecule has 1 aliphatic rings. The first-order chi connectivity index (χ1) is 7.31. The zero-order valence-corrected chi connectivity index (χ0v) is 10.6. The predicted octanol–water partition coefficient (Wildman–Crippen LogP) is 2.59. The summed E-state index contributed by atoms with van der Waals surface area (Å²) in [7, 11) is 2.02. The second-order valence-electron chi connectivity index (χ2n) is 4.04. The van der Waals surface area contributed by atoms with Crippen molar-refractivity contribution in [2.75, 3.05) is 20.1 Å². The minimum Gasteiger partial charge on any atom is -0.318 e. The molecule has 1 atom stereocenters. The largest absolute Gasteiger partial charge is 0.318 e. The number of halogens is 1. The van der Waals surface area contributed by atoms with Crippen LogP contribution in [0.4, 0.5) is 0 Å². The van der Waals surface area contributed by atoms with Gasteiger partial charge in [0.15, 0.2) is 0 Å². The lowest BCUT2D eigenvalue weighted by atomic mass is 10.2. The monoisotopic (exact) mass is 244 g/mol. The topological polar surface area (TPSA) is 15.3 Å². The first kappa shape index (κ1) is 11.4. The molecule has 0 bridgehead atoms. The highest BCUT2D eigenvalue weighted by atomic mass is 35.5. The molecule has 0 saturated carbocycles. The summed E-state index contributed by atoms with van der Waals surface area (Å²) in [5.74, 6) is 0. The first-order valence-electron chi connectivity index (χ1n) is 5.42. The van der Waals surface area contributed by atoms with Crippen molar-refractivity contribution in [1.29, 1.82) is 0 Å². The van der Waals surface area contributed by atoms with Gasteiger partial charge in [0.2, 0.25) is 0 Å². The van der Waals surface area contributed by atoms with Crippen molar-refractivity contribution >= 4 is 22.9 Å². The molecule has 0 spiro atoms. The summed E-state index contributed by atoms with van der Waals surface area (Å²) in [6, 6.07) is 2.83. The van der Waals surface area contributed by atoms with Crippen LogP contribution < -0.4 is 5.32 Å². The summed E-state index contributed by atoms with van der Waals surface area (Å²) in [5, 5.41) is 5.33. The van der Waals surface area contributed by atoms with E-state index in [9.17, 15) is 0 Å². The number of likely N-dealkylation sites (tertiary alicyclic amines) is 1. The van der Waals surface area contributed by atoms with Crippen molar-refractivity contribution in [3.63, 3.8) is 0 Å². The van der Waals surface area contributed by atoms with Gasteiger partial charge in [-0.15, -0.1) is 11.3 Å². The van der Waals surface area contributed by atoms with Gasteiger partial charge in [-0.3, -0.25) is 4.90 Å². The van der Waals surface area contributed by atoms with E-state index in [0.717, 1.165) is 17.4 Å². The fraction of sp³-hybridized carbons (Fsp3) is 0.636. The number of nitrogens with one attached hydrogen (secondary N) is 1. The van der Waals surface area contributed by atoms with Gasteiger partial charge in [-0.1, -0.05) is 11.6 Å². The van der Waals surface area contributed by atoms with Gasteiger partial charge in [0.1, 0.15) is 0 Å². The molecular weight excluding hydrogens is 228 g/mol. The number of rotatable bonds is 4. The number of hydrogen-bond acceptors (Lipinski definition) is 3. The molecule has 1 aromatic rings. The molecule has 0 aliphatic carbocycles. The maximum Gasteiger partial charge on any atom is 0.0973 e. The smallest absolute Gasteiger partial charge is 0.0973 e. The summed E-state index contributed by atoms with van der Waals surface area (Å²) in [6.07, 6.45) is 2.62. The molecular formula is C11H17ClN2S. The van der Waals surface area contributed by atoms with E-state index in [1.165, 1.54) is 24.9 Å². The lowest BCUT2D eigenvalue weighted by Crippen LogP contribution is -2.36. The summed E-state index contributed by atoms with van der Waals surface area (Å²) in [6.45, 7) is 3.30. The Labute approximate surface area is 100 Å². The lowest BCUT2D eigenvalue weighted by Gasteiger charge is -2.23. The van der Waals surface area contributed by atoms with Crippen LogP contribution in [0.3, 0.4) is 0 Å². The average molecular weight is 245 g/mol. The molecule has 2 heterocycles. The van der Waals surface area contributed by atoms with Gasteiger partial charge in [-0.05, 0) is 43.4 Å². The predicted molar refractivity (Wildman–Crippen MR) is 66.7 cm³/mol. The van der Waals surface area contributed by atoms with Gasteiger partial charge >= 0.3 is 0 Å². The molecule has 0 radical (unpaired) electrons. The highest BCUT2D eigenvalue weighted by Gasteiger charge is 2.24. The molecule has 84 valence electrons. The number of likely N-dealkylation sites (N-methyl/N-ethyl adjacent to an activating group) is 1. The fourth-order valence-corrected chi connectivity index (χ4v) is 3.13. The molecule has 1 aliphatic heterocycles. The highest BCUT2D eigenvalue weighted by Crippen LogP contribution is 2.27. The molecule has 1 saturated heterocycles. The summed E-state index contributed by atoms with van der Waals surface area (Å²) in [4.78, 5) is 2.53. The van der Waals surface area contributed by atoms with Gasteiger partial charge in [0.25, 0.3) is 0 Å². The summed E-state index contributed by atoms with van der Waals surface area (Å²) < 4.78 is 0.949. The van der Waals surface area contributed by atoms with E-state index < -0.39 is 0 Å². The van der Waals surface area contributed by atoms with E-state index >= 15 is 0 Å². The Morgan fingerprint density at radius 3 is 3.20 bits per heavy atom. The van der Waals surface area contributed by atoms with Crippen molar-refractivity contribution in [3.8, 4) is 0 Å². The molecule has 2 rings (SSSR count). The second kappa shape index (κ2) is 5.30. The van der Waals surface area contributed by atoms with Crippen LogP contribution in [0.2, 0.25) is 4.34 Å². The van der Waals surface area contributed by atoms with Crippen LogP contribution in [0.25, 0.3) is 0 Å². The van der Waals surface area contributed by atoms with E-state index in [2.05, 4.69) is 21.7 Å². The van der Waals surface area contributed by atoms with Crippen LogP contribution in [0, 0.1) is 0 Å². The standard InChI is InChI=1S/C11H17ClN2S/c1-13-7-10-3-2-5-14(10)8-9-4-6-15-11(9)12/h4,6,10,13H,2-3,5,7-8H2,1H3. The molecule has 4 heteroatoms. The molecule has 1 aromatic heterocycles. The van der Waals surface area contributed by atoms with Crippen molar-refractivity contribution in [2.45, 2.75) is 25.4 Å². The normalized spacial score (nSPS) is 22.4. The van der Waals surface area contributed by atoms with Gasteiger partial charge in [0, 0.05) is 19.1 Å². The van der Waals surface area contributed by atoms with Gasteiger partial charge in [-0.2, -0.15) is 0 Å². The zero-order chi connectivity index (χ0) is 10.7. The zero-order valence-electron chi connectivity index (χ0n) is 9.00. The molecule has 1 fully saturated rings. The first-order valence-corrected chi connectivity index (χ1v) is 6.67. The Balaban J connectivity index is 1.96. The van der Waals surface area contributed by atoms with E-state index in [-0.39, 0.29) is 0 Å². The number of nitrogens with zero attached hydrogens (tertiary/aromatic N) is 1. The van der Waals surface area contributed by atoms with Crippen LogP contribution >= 0.6 is 22.9 Å². The van der Waals surface area contributed by atoms with Crippen molar-refractivity contribution < 1.29 is 0 Å². The van der Waals surface area contributed by atoms with Crippen LogP contribution in [0.5, 0.6) is 0 Å². The Kier molecular flexibility index (Phi) is 4.03. The van der Waals surface area contributed by atoms with Gasteiger partial charge in [-0.25, -0.2) is 0 Å². The maximum absolute atomic E-state index is 6.12. The Bertz CT molecular complexity index is 313. The third kappa shape index (κ3) is 2.72. The number of thiophene rings is 1.